The normalized spacial score (nSPS) is 26.4. The number of hydrogen-bond donors (Lipinski definition) is 2. The Balaban J connectivity index is 1.30. The SMILES string of the molecule is COc1cc(C2C3=CCC4C(=O)N(c5ccc(C(C)=O)cc5)C(=O)C4C3CC3C(=O)N(Nc4ccc(C)cc4)C(=O)C32c2ccccc2)ccc1O. The second-order valence-corrected chi connectivity index (χ2v) is 14.1. The number of ether oxygens (including phenoxy) is 1. The van der Waals surface area contributed by atoms with E-state index in [1.165, 1.54) is 25.0 Å². The van der Waals surface area contributed by atoms with Crippen LogP contribution in [0.15, 0.2) is 109 Å². The second kappa shape index (κ2) is 12.3. The number of Topliss-reactive ketones (excluding diaryl/α,β-unsaturated/α-hetero) is 1. The monoisotopic (exact) mass is 695 g/mol. The number of ketones is 1. The minimum Gasteiger partial charge on any atom is -0.504 e. The number of phenols is 1. The molecule has 0 spiro atoms. The molecule has 6 atom stereocenters. The fourth-order valence-electron chi connectivity index (χ4n) is 9.10. The highest BCUT2D eigenvalue weighted by Gasteiger charge is 2.70. The van der Waals surface area contributed by atoms with E-state index in [4.69, 9.17) is 4.74 Å². The molecule has 0 bridgehead atoms. The number of carbonyl (C=O) groups is 5. The predicted molar refractivity (Wildman–Crippen MR) is 192 cm³/mol. The number of hydrazine groups is 1. The summed E-state index contributed by atoms with van der Waals surface area (Å²) in [7, 11) is 1.45. The van der Waals surface area contributed by atoms with Crippen molar-refractivity contribution in [3.05, 3.63) is 131 Å². The number of anilines is 2. The third kappa shape index (κ3) is 4.81. The first-order chi connectivity index (χ1) is 25.1. The van der Waals surface area contributed by atoms with Crippen LogP contribution in [0.5, 0.6) is 11.5 Å². The summed E-state index contributed by atoms with van der Waals surface area (Å²) in [5, 5.41) is 11.8. The molecule has 2 heterocycles. The number of aryl methyl sites for hydroxylation is 1. The van der Waals surface area contributed by atoms with Crippen molar-refractivity contribution < 1.29 is 33.8 Å². The summed E-state index contributed by atoms with van der Waals surface area (Å²) in [5.41, 5.74) is 6.16. The molecule has 0 radical (unpaired) electrons. The molecule has 4 amide bonds. The van der Waals surface area contributed by atoms with Crippen LogP contribution in [-0.4, -0.2) is 46.6 Å². The number of benzene rings is 4. The van der Waals surface area contributed by atoms with E-state index in [0.29, 0.717) is 28.1 Å². The number of carbonyl (C=O) groups excluding carboxylic acids is 5. The van der Waals surface area contributed by atoms with Crippen molar-refractivity contribution in [1.82, 2.24) is 5.01 Å². The Labute approximate surface area is 300 Å². The van der Waals surface area contributed by atoms with Gasteiger partial charge in [0.2, 0.25) is 11.8 Å². The quantitative estimate of drug-likeness (QED) is 0.135. The Morgan fingerprint density at radius 3 is 2.25 bits per heavy atom. The average Bonchev–Trinajstić information content (AvgIpc) is 3.53. The van der Waals surface area contributed by atoms with Crippen LogP contribution >= 0.6 is 0 Å². The maximum atomic E-state index is 15.3. The van der Waals surface area contributed by atoms with Crippen LogP contribution in [0, 0.1) is 30.6 Å². The first-order valence-corrected chi connectivity index (χ1v) is 17.4. The van der Waals surface area contributed by atoms with Gasteiger partial charge in [0.25, 0.3) is 11.8 Å². The summed E-state index contributed by atoms with van der Waals surface area (Å²) < 4.78 is 5.54. The third-order valence-corrected chi connectivity index (χ3v) is 11.5. The van der Waals surface area contributed by atoms with Gasteiger partial charge in [-0.25, -0.2) is 0 Å². The van der Waals surface area contributed by atoms with Crippen LogP contribution in [0.4, 0.5) is 11.4 Å². The number of nitrogens with zero attached hydrogens (tertiary/aromatic N) is 2. The van der Waals surface area contributed by atoms with Crippen LogP contribution in [0.3, 0.4) is 0 Å². The van der Waals surface area contributed by atoms with Crippen molar-refractivity contribution in [2.24, 2.45) is 23.7 Å². The molecule has 262 valence electrons. The van der Waals surface area contributed by atoms with Gasteiger partial charge in [-0.1, -0.05) is 65.7 Å². The standard InChI is InChI=1S/C42H37N3O7/c1-23-9-14-28(15-10-23)43-45-39(49)33-22-32-30(18-19-31-36(32)40(50)44(38(31)48)29-16-11-25(12-17-29)24(2)46)37(26-13-20-34(47)35(21-26)52-3)42(33,41(45)51)27-7-5-4-6-8-27/h4-18,20-21,31-33,36-37,43,47H,19,22H2,1-3H3. The fourth-order valence-corrected chi connectivity index (χ4v) is 9.10. The molecular formula is C42H37N3O7. The van der Waals surface area contributed by atoms with Crippen molar-refractivity contribution in [3.63, 3.8) is 0 Å². The highest BCUT2D eigenvalue weighted by Crippen LogP contribution is 2.64. The van der Waals surface area contributed by atoms with Crippen LogP contribution in [0.1, 0.15) is 52.7 Å². The first kappa shape index (κ1) is 33.1. The summed E-state index contributed by atoms with van der Waals surface area (Å²) in [4.78, 5) is 71.8. The van der Waals surface area contributed by atoms with E-state index >= 15 is 4.79 Å². The van der Waals surface area contributed by atoms with Gasteiger partial charge in [0.15, 0.2) is 17.3 Å². The summed E-state index contributed by atoms with van der Waals surface area (Å²) >= 11 is 0. The van der Waals surface area contributed by atoms with Gasteiger partial charge in [-0.15, -0.1) is 0 Å². The summed E-state index contributed by atoms with van der Waals surface area (Å²) in [6, 6.07) is 28.0. The van der Waals surface area contributed by atoms with Gasteiger partial charge in [0.05, 0.1) is 41.7 Å². The highest BCUT2D eigenvalue weighted by molar-refractivity contribution is 6.22. The fraction of sp³-hybridized carbons (Fsp3) is 0.262. The maximum Gasteiger partial charge on any atom is 0.260 e. The summed E-state index contributed by atoms with van der Waals surface area (Å²) in [6.45, 7) is 3.40. The average molecular weight is 696 g/mol. The summed E-state index contributed by atoms with van der Waals surface area (Å²) in [5.74, 6) is -5.27. The molecular weight excluding hydrogens is 658 g/mol. The van der Waals surface area contributed by atoms with E-state index in [1.807, 2.05) is 67.6 Å². The predicted octanol–water partition coefficient (Wildman–Crippen LogP) is 6.10. The lowest BCUT2D eigenvalue weighted by Crippen LogP contribution is -2.53. The second-order valence-electron chi connectivity index (χ2n) is 14.1. The van der Waals surface area contributed by atoms with E-state index in [0.717, 1.165) is 16.1 Å². The van der Waals surface area contributed by atoms with Gasteiger partial charge in [-0.3, -0.25) is 34.3 Å². The molecule has 4 aliphatic rings. The van der Waals surface area contributed by atoms with Crippen molar-refractivity contribution >= 4 is 40.8 Å². The number of allylic oxidation sites excluding steroid dienone is 2. The van der Waals surface area contributed by atoms with Gasteiger partial charge in [-0.05, 0) is 92.3 Å². The molecule has 6 unspecified atom stereocenters. The van der Waals surface area contributed by atoms with Crippen molar-refractivity contribution in [2.45, 2.75) is 38.0 Å². The molecule has 0 aromatic heterocycles. The zero-order valence-corrected chi connectivity index (χ0v) is 28.9. The molecule has 8 rings (SSSR count). The molecule has 2 aliphatic heterocycles. The minimum absolute atomic E-state index is 0.0823. The lowest BCUT2D eigenvalue weighted by Gasteiger charge is -2.50. The molecule has 2 N–H and O–H groups in total. The molecule has 2 aliphatic carbocycles. The Morgan fingerprint density at radius 2 is 1.58 bits per heavy atom. The number of methoxy groups -OCH3 is 1. The van der Waals surface area contributed by atoms with Gasteiger partial charge in [0, 0.05) is 11.5 Å². The Kier molecular flexibility index (Phi) is 7.86. The number of imide groups is 2. The molecule has 10 nitrogen and oxygen atoms in total. The molecule has 3 fully saturated rings. The van der Waals surface area contributed by atoms with Gasteiger partial charge >= 0.3 is 0 Å². The number of nitrogens with one attached hydrogen (secondary N) is 1. The van der Waals surface area contributed by atoms with E-state index < -0.39 is 46.8 Å². The Morgan fingerprint density at radius 1 is 0.865 bits per heavy atom. The number of phenolic OH excluding ortho intramolecular Hbond substituents is 1. The van der Waals surface area contributed by atoms with E-state index in [2.05, 4.69) is 5.43 Å². The lowest BCUT2D eigenvalue weighted by molar-refractivity contribution is -0.138. The van der Waals surface area contributed by atoms with Crippen LogP contribution < -0.4 is 15.1 Å². The minimum atomic E-state index is -1.44. The number of aromatic hydroxyl groups is 1. The number of fused-ring (bicyclic) bond motifs is 4. The van der Waals surface area contributed by atoms with Gasteiger partial charge in [0.1, 0.15) is 0 Å². The summed E-state index contributed by atoms with van der Waals surface area (Å²) in [6.07, 6.45) is 2.40. The van der Waals surface area contributed by atoms with Gasteiger partial charge < -0.3 is 9.84 Å². The van der Waals surface area contributed by atoms with Crippen molar-refractivity contribution in [2.75, 3.05) is 17.4 Å². The Hall–Kier alpha value is -6.03. The number of rotatable bonds is 7. The first-order valence-electron chi connectivity index (χ1n) is 17.4. The molecule has 4 aromatic rings. The highest BCUT2D eigenvalue weighted by atomic mass is 16.5. The number of hydrogen-bond acceptors (Lipinski definition) is 8. The number of amides is 4. The third-order valence-electron chi connectivity index (χ3n) is 11.5. The van der Waals surface area contributed by atoms with E-state index in [9.17, 15) is 24.3 Å². The maximum absolute atomic E-state index is 15.3. The zero-order chi connectivity index (χ0) is 36.5. The zero-order valence-electron chi connectivity index (χ0n) is 28.9. The van der Waals surface area contributed by atoms with E-state index in [1.54, 1.807) is 36.4 Å². The smallest absolute Gasteiger partial charge is 0.260 e. The molecule has 2 saturated heterocycles. The largest absolute Gasteiger partial charge is 0.504 e. The molecule has 4 aromatic carbocycles. The van der Waals surface area contributed by atoms with Crippen LogP contribution in [0.25, 0.3) is 0 Å². The van der Waals surface area contributed by atoms with E-state index in [-0.39, 0.29) is 41.9 Å². The van der Waals surface area contributed by atoms with Crippen LogP contribution in [-0.2, 0) is 24.6 Å². The topological polar surface area (TPSA) is 133 Å². The Bertz CT molecular complexity index is 2180. The molecule has 10 heteroatoms. The van der Waals surface area contributed by atoms with Crippen molar-refractivity contribution in [3.8, 4) is 11.5 Å². The molecule has 52 heavy (non-hydrogen) atoms. The molecule has 1 saturated carbocycles. The lowest BCUT2D eigenvalue weighted by atomic mass is 9.49. The van der Waals surface area contributed by atoms with Crippen LogP contribution in [0.2, 0.25) is 0 Å². The van der Waals surface area contributed by atoms with Gasteiger partial charge in [-0.2, -0.15) is 5.01 Å². The van der Waals surface area contributed by atoms with Crippen molar-refractivity contribution in [1.29, 1.82) is 0 Å².